The van der Waals surface area contributed by atoms with Gasteiger partial charge in [-0.3, -0.25) is 4.79 Å². The average Bonchev–Trinajstić information content (AvgIpc) is 2.36. The summed E-state index contributed by atoms with van der Waals surface area (Å²) in [7, 11) is 0. The molecule has 98 valence electrons. The van der Waals surface area contributed by atoms with Crippen molar-refractivity contribution >= 4 is 33.4 Å². The molecule has 1 unspecified atom stereocenters. The summed E-state index contributed by atoms with van der Waals surface area (Å²) in [5, 5.41) is 3.42. The van der Waals surface area contributed by atoms with Gasteiger partial charge in [0.25, 0.3) is 5.91 Å². The Labute approximate surface area is 120 Å². The minimum Gasteiger partial charge on any atom is -0.376 e. The van der Waals surface area contributed by atoms with Gasteiger partial charge in [-0.15, -0.1) is 0 Å². The van der Waals surface area contributed by atoms with E-state index in [1.165, 1.54) is 6.42 Å². The van der Waals surface area contributed by atoms with Crippen LogP contribution in [-0.2, 0) is 4.74 Å². The van der Waals surface area contributed by atoms with Gasteiger partial charge in [-0.05, 0) is 37.5 Å². The molecule has 1 saturated heterocycles. The van der Waals surface area contributed by atoms with Gasteiger partial charge in [-0.1, -0.05) is 27.5 Å². The van der Waals surface area contributed by atoms with E-state index in [4.69, 9.17) is 16.3 Å². The number of ether oxygens (including phenoxy) is 1. The van der Waals surface area contributed by atoms with Gasteiger partial charge in [-0.25, -0.2) is 0 Å². The molecule has 1 atom stereocenters. The number of hydrogen-bond donors (Lipinski definition) is 1. The van der Waals surface area contributed by atoms with Crippen molar-refractivity contribution < 1.29 is 9.53 Å². The monoisotopic (exact) mass is 331 g/mol. The number of amides is 1. The molecular formula is C13H15BrClNO2. The fraction of sp³-hybridized carbons (Fsp3) is 0.462. The Morgan fingerprint density at radius 1 is 1.44 bits per heavy atom. The van der Waals surface area contributed by atoms with Gasteiger partial charge in [0.1, 0.15) is 0 Å². The van der Waals surface area contributed by atoms with Gasteiger partial charge in [-0.2, -0.15) is 0 Å². The zero-order valence-electron chi connectivity index (χ0n) is 9.92. The fourth-order valence-electron chi connectivity index (χ4n) is 1.96. The Morgan fingerprint density at radius 3 is 2.94 bits per heavy atom. The van der Waals surface area contributed by atoms with E-state index < -0.39 is 0 Å². The molecule has 1 fully saturated rings. The first-order valence-electron chi connectivity index (χ1n) is 6.01. The highest BCUT2D eigenvalue weighted by Gasteiger charge is 2.15. The number of nitrogens with one attached hydrogen (secondary N) is 1. The predicted octanol–water partition coefficient (Wildman–Crippen LogP) is 3.40. The molecule has 1 aliphatic heterocycles. The third-order valence-corrected chi connectivity index (χ3v) is 3.57. The lowest BCUT2D eigenvalue weighted by atomic mass is 10.1. The van der Waals surface area contributed by atoms with Gasteiger partial charge in [0.2, 0.25) is 0 Å². The number of halogens is 2. The van der Waals surface area contributed by atoms with Crippen LogP contribution in [0.3, 0.4) is 0 Å². The van der Waals surface area contributed by atoms with Gasteiger partial charge >= 0.3 is 0 Å². The molecule has 3 nitrogen and oxygen atoms in total. The van der Waals surface area contributed by atoms with E-state index in [0.29, 0.717) is 17.1 Å². The van der Waals surface area contributed by atoms with E-state index in [-0.39, 0.29) is 12.0 Å². The molecular weight excluding hydrogens is 318 g/mol. The summed E-state index contributed by atoms with van der Waals surface area (Å²) in [5.74, 6) is -0.118. The molecule has 0 saturated carbocycles. The largest absolute Gasteiger partial charge is 0.376 e. The van der Waals surface area contributed by atoms with Crippen molar-refractivity contribution in [2.75, 3.05) is 13.2 Å². The van der Waals surface area contributed by atoms with Crippen LogP contribution in [-0.4, -0.2) is 25.2 Å². The van der Waals surface area contributed by atoms with Crippen molar-refractivity contribution in [3.63, 3.8) is 0 Å². The van der Waals surface area contributed by atoms with Crippen molar-refractivity contribution in [2.45, 2.75) is 25.4 Å². The highest BCUT2D eigenvalue weighted by atomic mass is 79.9. The van der Waals surface area contributed by atoms with Crippen LogP contribution >= 0.6 is 27.5 Å². The number of carbonyl (C=O) groups excluding carboxylic acids is 1. The SMILES string of the molecule is O=C(NCC1CCCCO1)c1cc(Cl)cc(Br)c1. The van der Waals surface area contributed by atoms with E-state index in [9.17, 15) is 4.79 Å². The van der Waals surface area contributed by atoms with Crippen LogP contribution in [0, 0.1) is 0 Å². The van der Waals surface area contributed by atoms with Gasteiger partial charge < -0.3 is 10.1 Å². The topological polar surface area (TPSA) is 38.3 Å². The lowest BCUT2D eigenvalue weighted by Crippen LogP contribution is -2.35. The Balaban J connectivity index is 1.90. The summed E-state index contributed by atoms with van der Waals surface area (Å²) >= 11 is 9.23. The molecule has 5 heteroatoms. The lowest BCUT2D eigenvalue weighted by Gasteiger charge is -2.22. The van der Waals surface area contributed by atoms with Gasteiger partial charge in [0, 0.05) is 28.2 Å². The van der Waals surface area contributed by atoms with Crippen LogP contribution in [0.1, 0.15) is 29.6 Å². The summed E-state index contributed by atoms with van der Waals surface area (Å²) in [5.41, 5.74) is 0.560. The summed E-state index contributed by atoms with van der Waals surface area (Å²) in [6.07, 6.45) is 3.44. The average molecular weight is 333 g/mol. The van der Waals surface area contributed by atoms with Gasteiger partial charge in [0.15, 0.2) is 0 Å². The standard InChI is InChI=1S/C13H15BrClNO2/c14-10-5-9(6-11(15)7-10)13(17)16-8-12-3-1-2-4-18-12/h5-7,12H,1-4,8H2,(H,16,17). The molecule has 0 spiro atoms. The number of rotatable bonds is 3. The van der Waals surface area contributed by atoms with Crippen molar-refractivity contribution in [2.24, 2.45) is 0 Å². The summed E-state index contributed by atoms with van der Waals surface area (Å²) in [6, 6.07) is 5.16. The van der Waals surface area contributed by atoms with Crippen LogP contribution < -0.4 is 5.32 Å². The molecule has 0 bridgehead atoms. The maximum Gasteiger partial charge on any atom is 0.251 e. The zero-order valence-corrected chi connectivity index (χ0v) is 12.3. The zero-order chi connectivity index (χ0) is 13.0. The Hall–Kier alpha value is -0.580. The van der Waals surface area contributed by atoms with Gasteiger partial charge in [0.05, 0.1) is 6.10 Å². The van der Waals surface area contributed by atoms with E-state index in [2.05, 4.69) is 21.2 Å². The molecule has 1 N–H and O–H groups in total. The number of hydrogen-bond acceptors (Lipinski definition) is 2. The molecule has 0 aliphatic carbocycles. The number of carbonyl (C=O) groups is 1. The molecule has 1 aromatic rings. The molecule has 18 heavy (non-hydrogen) atoms. The Bertz CT molecular complexity index is 413. The smallest absolute Gasteiger partial charge is 0.251 e. The van der Waals surface area contributed by atoms with Crippen molar-refractivity contribution in [3.05, 3.63) is 33.3 Å². The minimum atomic E-state index is -0.118. The van der Waals surface area contributed by atoms with Crippen LogP contribution in [0.2, 0.25) is 5.02 Å². The van der Waals surface area contributed by atoms with Crippen molar-refractivity contribution in [3.8, 4) is 0 Å². The first kappa shape index (κ1) is 13.8. The molecule has 1 amide bonds. The Morgan fingerprint density at radius 2 is 2.28 bits per heavy atom. The molecule has 1 heterocycles. The van der Waals surface area contributed by atoms with Crippen molar-refractivity contribution in [1.82, 2.24) is 5.32 Å². The van der Waals surface area contributed by atoms with Crippen LogP contribution in [0.15, 0.2) is 22.7 Å². The normalized spacial score (nSPS) is 19.6. The van der Waals surface area contributed by atoms with Crippen LogP contribution in [0.5, 0.6) is 0 Å². The van der Waals surface area contributed by atoms with E-state index in [1.807, 2.05) is 0 Å². The fourth-order valence-corrected chi connectivity index (χ4v) is 2.82. The maximum atomic E-state index is 11.9. The molecule has 1 aromatic carbocycles. The molecule has 2 rings (SSSR count). The van der Waals surface area contributed by atoms with Crippen LogP contribution in [0.4, 0.5) is 0 Å². The maximum absolute atomic E-state index is 11.9. The Kier molecular flexibility index (Phi) is 5.03. The second-order valence-electron chi connectivity index (χ2n) is 4.36. The lowest BCUT2D eigenvalue weighted by molar-refractivity contribution is 0.0169. The first-order chi connectivity index (χ1) is 8.65. The molecule has 0 radical (unpaired) electrons. The van der Waals surface area contributed by atoms with Crippen LogP contribution in [0.25, 0.3) is 0 Å². The first-order valence-corrected chi connectivity index (χ1v) is 7.18. The number of benzene rings is 1. The summed E-state index contributed by atoms with van der Waals surface area (Å²) in [4.78, 5) is 11.9. The summed E-state index contributed by atoms with van der Waals surface area (Å²) in [6.45, 7) is 1.35. The summed E-state index contributed by atoms with van der Waals surface area (Å²) < 4.78 is 6.36. The van der Waals surface area contributed by atoms with E-state index >= 15 is 0 Å². The third kappa shape index (κ3) is 3.97. The minimum absolute atomic E-state index is 0.118. The quantitative estimate of drug-likeness (QED) is 0.921. The second kappa shape index (κ2) is 6.55. The van der Waals surface area contributed by atoms with Crippen molar-refractivity contribution in [1.29, 1.82) is 0 Å². The molecule has 1 aliphatic rings. The third-order valence-electron chi connectivity index (χ3n) is 2.89. The second-order valence-corrected chi connectivity index (χ2v) is 5.71. The van der Waals surface area contributed by atoms with E-state index in [0.717, 1.165) is 23.9 Å². The highest BCUT2D eigenvalue weighted by Crippen LogP contribution is 2.19. The predicted molar refractivity (Wildman–Crippen MR) is 75.1 cm³/mol. The highest BCUT2D eigenvalue weighted by molar-refractivity contribution is 9.10. The molecule has 0 aromatic heterocycles. The van der Waals surface area contributed by atoms with E-state index in [1.54, 1.807) is 18.2 Å².